The molecule has 3 aromatic rings. The van der Waals surface area contributed by atoms with E-state index in [1.807, 2.05) is 55.9 Å². The lowest BCUT2D eigenvalue weighted by atomic mass is 9.87. The van der Waals surface area contributed by atoms with Crippen molar-refractivity contribution in [2.24, 2.45) is 5.41 Å². The fourth-order valence-corrected chi connectivity index (χ4v) is 5.95. The Balaban J connectivity index is 1.93. The van der Waals surface area contributed by atoms with Gasteiger partial charge in [0.05, 0.1) is 18.0 Å². The largest absolute Gasteiger partial charge is 0.508 e. The molecule has 4 rings (SSSR count). The number of carbonyl (C=O) groups excluding carboxylic acids is 1. The smallest absolute Gasteiger partial charge is 0.311 e. The zero-order chi connectivity index (χ0) is 22.3. The van der Waals surface area contributed by atoms with Crippen molar-refractivity contribution in [1.29, 1.82) is 0 Å². The normalized spacial score (nSPS) is 16.0. The van der Waals surface area contributed by atoms with Crippen LogP contribution in [0.1, 0.15) is 44.0 Å². The summed E-state index contributed by atoms with van der Waals surface area (Å²) in [5.74, 6) is 0.133. The molecule has 2 aromatic carbocycles. The second-order valence-electron chi connectivity index (χ2n) is 8.85. The van der Waals surface area contributed by atoms with E-state index in [9.17, 15) is 9.90 Å². The van der Waals surface area contributed by atoms with Gasteiger partial charge in [0.25, 0.3) is 0 Å². The Kier molecular flexibility index (Phi) is 6.01. The fraction of sp³-hybridized carbons (Fsp3) is 0.400. The van der Waals surface area contributed by atoms with E-state index in [1.54, 1.807) is 6.07 Å². The zero-order valence-corrected chi connectivity index (χ0v) is 19.9. The van der Waals surface area contributed by atoms with Crippen LogP contribution in [0.3, 0.4) is 0 Å². The van der Waals surface area contributed by atoms with Gasteiger partial charge in [0.2, 0.25) is 0 Å². The third-order valence-corrected chi connectivity index (χ3v) is 7.91. The number of phenols is 1. The van der Waals surface area contributed by atoms with E-state index in [4.69, 9.17) is 16.3 Å². The van der Waals surface area contributed by atoms with E-state index >= 15 is 0 Å². The molecule has 0 bridgehead atoms. The predicted octanol–water partition coefficient (Wildman–Crippen LogP) is 6.22. The molecule has 0 amide bonds. The Hall–Kier alpha value is -2.11. The van der Waals surface area contributed by atoms with E-state index in [0.29, 0.717) is 29.0 Å². The number of halogens is 1. The minimum absolute atomic E-state index is 0.223. The molecule has 1 aromatic heterocycles. The van der Waals surface area contributed by atoms with Gasteiger partial charge in [-0.15, -0.1) is 11.8 Å². The van der Waals surface area contributed by atoms with E-state index in [0.717, 1.165) is 40.6 Å². The SMILES string of the molecule is CCC1Cc2c(O)ccc3c2c(c(CC(C)(C)C(=O)OC)n3Cc2ccc(Cl)cc2)S1. The Morgan fingerprint density at radius 2 is 1.97 bits per heavy atom. The molecule has 0 spiro atoms. The lowest BCUT2D eigenvalue weighted by Gasteiger charge is -2.25. The molecule has 0 aliphatic carbocycles. The molecule has 31 heavy (non-hydrogen) atoms. The molecule has 1 aliphatic heterocycles. The molecular formula is C25H28ClNO3S. The minimum Gasteiger partial charge on any atom is -0.508 e. The molecule has 1 N–H and O–H groups in total. The first kappa shape index (κ1) is 22.1. The zero-order valence-electron chi connectivity index (χ0n) is 18.4. The number of phenolic OH excluding ortho intramolecular Hbond substituents is 1. The summed E-state index contributed by atoms with van der Waals surface area (Å²) in [6, 6.07) is 11.7. The summed E-state index contributed by atoms with van der Waals surface area (Å²) in [4.78, 5) is 13.7. The third-order valence-electron chi connectivity index (χ3n) is 6.14. The standard InChI is InChI=1S/C25H28ClNO3S/c1-5-17-12-18-21(28)11-10-19-22(18)23(31-17)20(13-25(2,3)24(29)30-4)27(19)14-15-6-8-16(26)9-7-15/h6-11,17,28H,5,12-14H2,1-4H3. The number of carbonyl (C=O) groups is 1. The number of thioether (sulfide) groups is 1. The molecule has 164 valence electrons. The second kappa shape index (κ2) is 8.44. The lowest BCUT2D eigenvalue weighted by Crippen LogP contribution is -2.29. The number of aromatic nitrogens is 1. The molecule has 2 heterocycles. The summed E-state index contributed by atoms with van der Waals surface area (Å²) in [6.45, 7) is 6.71. The van der Waals surface area contributed by atoms with Crippen LogP contribution in [0.15, 0.2) is 41.3 Å². The van der Waals surface area contributed by atoms with Crippen molar-refractivity contribution in [2.45, 2.75) is 56.7 Å². The van der Waals surface area contributed by atoms with Crippen LogP contribution >= 0.6 is 23.4 Å². The lowest BCUT2D eigenvalue weighted by molar-refractivity contribution is -0.150. The van der Waals surface area contributed by atoms with Gasteiger partial charge in [-0.2, -0.15) is 0 Å². The quantitative estimate of drug-likeness (QED) is 0.446. The van der Waals surface area contributed by atoms with Crippen LogP contribution in [-0.2, 0) is 28.9 Å². The molecule has 0 fully saturated rings. The molecular weight excluding hydrogens is 430 g/mol. The van der Waals surface area contributed by atoms with Crippen molar-refractivity contribution in [3.63, 3.8) is 0 Å². The first-order valence-corrected chi connectivity index (χ1v) is 11.9. The molecule has 6 heteroatoms. The number of hydrogen-bond donors (Lipinski definition) is 1. The van der Waals surface area contributed by atoms with Crippen LogP contribution in [0.25, 0.3) is 10.9 Å². The van der Waals surface area contributed by atoms with Gasteiger partial charge in [-0.05, 0) is 56.5 Å². The van der Waals surface area contributed by atoms with Gasteiger partial charge < -0.3 is 14.4 Å². The molecule has 1 atom stereocenters. The molecule has 4 nitrogen and oxygen atoms in total. The Morgan fingerprint density at radius 3 is 2.61 bits per heavy atom. The van der Waals surface area contributed by atoms with Crippen molar-refractivity contribution < 1.29 is 14.6 Å². The van der Waals surface area contributed by atoms with E-state index in [1.165, 1.54) is 12.0 Å². The van der Waals surface area contributed by atoms with Crippen molar-refractivity contribution in [3.05, 3.63) is 58.2 Å². The number of rotatable bonds is 6. The average molecular weight is 458 g/mol. The van der Waals surface area contributed by atoms with Gasteiger partial charge in [-0.1, -0.05) is 30.7 Å². The van der Waals surface area contributed by atoms with E-state index < -0.39 is 5.41 Å². The van der Waals surface area contributed by atoms with Gasteiger partial charge in [0, 0.05) is 44.8 Å². The number of esters is 1. The number of methoxy groups -OCH3 is 1. The average Bonchev–Trinajstić information content (AvgIpc) is 3.04. The van der Waals surface area contributed by atoms with Crippen molar-refractivity contribution in [3.8, 4) is 5.75 Å². The van der Waals surface area contributed by atoms with Gasteiger partial charge in [-0.25, -0.2) is 0 Å². The summed E-state index contributed by atoms with van der Waals surface area (Å²) in [5, 5.41) is 12.9. The topological polar surface area (TPSA) is 51.5 Å². The van der Waals surface area contributed by atoms with Gasteiger partial charge in [0.15, 0.2) is 0 Å². The summed E-state index contributed by atoms with van der Waals surface area (Å²) < 4.78 is 7.39. The fourth-order valence-electron chi connectivity index (χ4n) is 4.41. The highest BCUT2D eigenvalue weighted by Crippen LogP contribution is 2.48. The Labute approximate surface area is 192 Å². The summed E-state index contributed by atoms with van der Waals surface area (Å²) in [5.41, 5.74) is 3.70. The first-order valence-electron chi connectivity index (χ1n) is 10.6. The van der Waals surface area contributed by atoms with E-state index in [2.05, 4.69) is 11.5 Å². The molecule has 0 saturated carbocycles. The highest BCUT2D eigenvalue weighted by atomic mass is 35.5. The summed E-state index contributed by atoms with van der Waals surface area (Å²) >= 11 is 7.97. The van der Waals surface area contributed by atoms with Crippen LogP contribution in [-0.4, -0.2) is 28.0 Å². The maximum absolute atomic E-state index is 12.5. The summed E-state index contributed by atoms with van der Waals surface area (Å²) in [7, 11) is 1.44. The van der Waals surface area contributed by atoms with Gasteiger partial charge in [0.1, 0.15) is 5.75 Å². The van der Waals surface area contributed by atoms with Gasteiger partial charge >= 0.3 is 5.97 Å². The Morgan fingerprint density at radius 1 is 1.26 bits per heavy atom. The van der Waals surface area contributed by atoms with Crippen LogP contribution in [0.4, 0.5) is 0 Å². The Bertz CT molecular complexity index is 1130. The number of ether oxygens (including phenoxy) is 1. The molecule has 1 unspecified atom stereocenters. The molecule has 0 radical (unpaired) electrons. The van der Waals surface area contributed by atoms with Crippen molar-refractivity contribution in [2.75, 3.05) is 7.11 Å². The van der Waals surface area contributed by atoms with Crippen LogP contribution in [0, 0.1) is 5.41 Å². The highest BCUT2D eigenvalue weighted by Gasteiger charge is 2.35. The monoisotopic (exact) mass is 457 g/mol. The number of hydrogen-bond acceptors (Lipinski definition) is 4. The highest BCUT2D eigenvalue weighted by molar-refractivity contribution is 8.00. The number of nitrogens with zero attached hydrogens (tertiary/aromatic N) is 1. The number of aromatic hydroxyl groups is 1. The van der Waals surface area contributed by atoms with Crippen molar-refractivity contribution >= 4 is 40.2 Å². The number of benzene rings is 2. The van der Waals surface area contributed by atoms with Crippen LogP contribution in [0.5, 0.6) is 5.75 Å². The predicted molar refractivity (Wildman–Crippen MR) is 127 cm³/mol. The molecule has 1 aliphatic rings. The maximum Gasteiger partial charge on any atom is 0.311 e. The van der Waals surface area contributed by atoms with Crippen LogP contribution < -0.4 is 0 Å². The molecule has 0 saturated heterocycles. The van der Waals surface area contributed by atoms with Crippen LogP contribution in [0.2, 0.25) is 5.02 Å². The first-order chi connectivity index (χ1) is 14.7. The van der Waals surface area contributed by atoms with E-state index in [-0.39, 0.29) is 5.97 Å². The minimum atomic E-state index is -0.667. The van der Waals surface area contributed by atoms with Gasteiger partial charge in [-0.3, -0.25) is 4.79 Å². The summed E-state index contributed by atoms with van der Waals surface area (Å²) in [6.07, 6.45) is 2.42. The second-order valence-corrected chi connectivity index (χ2v) is 10.6. The van der Waals surface area contributed by atoms with Crippen molar-refractivity contribution in [1.82, 2.24) is 4.57 Å². The maximum atomic E-state index is 12.5. The third kappa shape index (κ3) is 4.06.